The highest BCUT2D eigenvalue weighted by Crippen LogP contribution is 2.32. The first-order chi connectivity index (χ1) is 22.7. The molecule has 0 amide bonds. The van der Waals surface area contributed by atoms with Crippen molar-refractivity contribution in [3.63, 3.8) is 0 Å². The lowest BCUT2D eigenvalue weighted by Gasteiger charge is -2.19. The van der Waals surface area contributed by atoms with E-state index >= 15 is 0 Å². The number of aliphatic hydroxyl groups is 1. The number of aliphatic hydroxyl groups excluding tert-OH is 1. The predicted octanol–water partition coefficient (Wildman–Crippen LogP) is -4.15. The van der Waals surface area contributed by atoms with Crippen LogP contribution in [0.1, 0.15) is 6.42 Å². The van der Waals surface area contributed by atoms with Crippen LogP contribution in [0.15, 0.2) is 0 Å². The summed E-state index contributed by atoms with van der Waals surface area (Å²) < 4.78 is 34.0. The first-order valence-electron chi connectivity index (χ1n) is 17.5. The summed E-state index contributed by atoms with van der Waals surface area (Å²) in [5.41, 5.74) is 5.43. The lowest BCUT2D eigenvalue weighted by atomic mass is 10.3. The van der Waals surface area contributed by atoms with E-state index in [2.05, 4.69) is 42.5 Å². The topological polar surface area (TPSA) is 198 Å². The molecule has 1 unspecified atom stereocenters. The Balaban J connectivity index is 1.15. The van der Waals surface area contributed by atoms with E-state index in [4.69, 9.17) is 33.2 Å². The third-order valence-electron chi connectivity index (χ3n) is 7.19. The zero-order valence-electron chi connectivity index (χ0n) is 28.2. The fourth-order valence-electron chi connectivity index (χ4n) is 4.70. The van der Waals surface area contributed by atoms with E-state index in [1.54, 1.807) is 0 Å². The van der Waals surface area contributed by atoms with E-state index in [0.717, 1.165) is 124 Å². The van der Waals surface area contributed by atoms with Gasteiger partial charge in [0.1, 0.15) is 0 Å². The molecule has 0 aromatic heterocycles. The Hall–Kier alpha value is -0.423. The van der Waals surface area contributed by atoms with Crippen LogP contribution in [0.4, 0.5) is 0 Å². The summed E-state index contributed by atoms with van der Waals surface area (Å²) in [6.45, 7) is 19.7. The minimum atomic E-state index is -2.36. The van der Waals surface area contributed by atoms with Gasteiger partial charge in [0.15, 0.2) is 0 Å². The Labute approximate surface area is 278 Å². The summed E-state index contributed by atoms with van der Waals surface area (Å²) in [6.07, 6.45) is 0.446. The van der Waals surface area contributed by atoms with Crippen LogP contribution in [0.25, 0.3) is 0 Å². The fourth-order valence-corrected chi connectivity index (χ4v) is 7.43. The molecule has 0 aromatic rings. The lowest BCUT2D eigenvalue weighted by Crippen LogP contribution is -2.38. The van der Waals surface area contributed by atoms with Crippen LogP contribution < -0.4 is 48.3 Å². The van der Waals surface area contributed by atoms with Crippen molar-refractivity contribution >= 4 is 8.80 Å². The van der Waals surface area contributed by atoms with Gasteiger partial charge in [-0.2, -0.15) is 0 Å². The normalized spacial score (nSPS) is 19.8. The van der Waals surface area contributed by atoms with Gasteiger partial charge in [-0.15, -0.1) is 0 Å². The Morgan fingerprint density at radius 3 is 1.46 bits per heavy atom. The van der Waals surface area contributed by atoms with Crippen molar-refractivity contribution in [3.05, 3.63) is 0 Å². The molecule has 2 fully saturated rings. The second kappa shape index (κ2) is 30.6. The van der Waals surface area contributed by atoms with Crippen molar-refractivity contribution in [2.45, 2.75) is 24.7 Å². The SMILES string of the molecule is NCCNCCNCCOCCNCCNCCNCCOCCNCCNCCNCC(O)COCCC[Si]12OCC(CO1)O2. The minimum Gasteiger partial charge on any atom is -0.389 e. The molecule has 0 radical (unpaired) electrons. The number of hydrogen-bond donors (Lipinski definition) is 10. The maximum Gasteiger partial charge on any atom is 0.501 e. The average molecular weight is 682 g/mol. The molecular weight excluding hydrogens is 614 g/mol. The number of hydrogen-bond acceptors (Lipinski definition) is 16. The van der Waals surface area contributed by atoms with E-state index in [9.17, 15) is 5.11 Å². The number of rotatable bonds is 37. The Kier molecular flexibility index (Phi) is 27.8. The molecule has 46 heavy (non-hydrogen) atoms. The summed E-state index contributed by atoms with van der Waals surface area (Å²) in [6, 6.07) is 0.785. The largest absolute Gasteiger partial charge is 0.501 e. The van der Waals surface area contributed by atoms with Gasteiger partial charge in [-0.25, -0.2) is 0 Å². The molecule has 16 nitrogen and oxygen atoms in total. The molecule has 0 saturated carbocycles. The van der Waals surface area contributed by atoms with Crippen molar-refractivity contribution in [1.29, 1.82) is 0 Å². The van der Waals surface area contributed by atoms with Crippen molar-refractivity contribution in [2.75, 3.05) is 164 Å². The quantitative estimate of drug-likeness (QED) is 0.0224. The minimum absolute atomic E-state index is 0.138. The van der Waals surface area contributed by atoms with Crippen LogP contribution in [0.3, 0.4) is 0 Å². The molecule has 0 aliphatic carbocycles. The molecule has 2 aliphatic heterocycles. The van der Waals surface area contributed by atoms with Gasteiger partial charge in [-0.3, -0.25) is 0 Å². The zero-order valence-corrected chi connectivity index (χ0v) is 29.2. The van der Waals surface area contributed by atoms with Gasteiger partial charge in [0, 0.05) is 124 Å². The highest BCUT2D eigenvalue weighted by atomic mass is 28.4. The van der Waals surface area contributed by atoms with Crippen LogP contribution in [-0.2, 0) is 27.5 Å². The maximum absolute atomic E-state index is 10.1. The third kappa shape index (κ3) is 23.8. The maximum atomic E-state index is 10.1. The van der Waals surface area contributed by atoms with Crippen LogP contribution in [0, 0.1) is 0 Å². The predicted molar refractivity (Wildman–Crippen MR) is 182 cm³/mol. The molecule has 17 heteroatoms. The smallest absolute Gasteiger partial charge is 0.389 e. The van der Waals surface area contributed by atoms with Crippen molar-refractivity contribution in [1.82, 2.24) is 42.5 Å². The van der Waals surface area contributed by atoms with E-state index < -0.39 is 14.9 Å². The highest BCUT2D eigenvalue weighted by molar-refractivity contribution is 6.61. The second-order valence-corrected chi connectivity index (χ2v) is 14.0. The number of nitrogens with one attached hydrogen (secondary N) is 8. The van der Waals surface area contributed by atoms with Gasteiger partial charge in [0.05, 0.1) is 58.5 Å². The number of fused-ring (bicyclic) bond motifs is 2. The van der Waals surface area contributed by atoms with Crippen LogP contribution in [-0.4, -0.2) is 190 Å². The first kappa shape index (κ1) is 41.7. The van der Waals surface area contributed by atoms with E-state index in [-0.39, 0.29) is 6.10 Å². The van der Waals surface area contributed by atoms with Crippen molar-refractivity contribution in [3.8, 4) is 0 Å². The molecule has 2 rings (SSSR count). The van der Waals surface area contributed by atoms with Gasteiger partial charge < -0.3 is 80.9 Å². The van der Waals surface area contributed by atoms with Crippen LogP contribution >= 0.6 is 0 Å². The van der Waals surface area contributed by atoms with Gasteiger partial charge in [-0.05, 0) is 6.42 Å². The molecule has 2 heterocycles. The average Bonchev–Trinajstić information content (AvgIpc) is 3.67. The Morgan fingerprint density at radius 1 is 0.587 bits per heavy atom. The first-order valence-corrected chi connectivity index (χ1v) is 19.4. The van der Waals surface area contributed by atoms with Crippen LogP contribution in [0.2, 0.25) is 6.04 Å². The standard InChI is InChI=1S/C29H67N9O7Si/c30-2-3-31-4-8-34-14-19-40-20-15-35-9-5-32-6-10-36-16-21-41-22-17-37-11-7-33-12-13-38-24-28(39)25-42-18-1-23-46-43-26-29(45-46)27-44-46/h28-29,31-39H,1-27,30H2. The van der Waals surface area contributed by atoms with Gasteiger partial charge in [-0.1, -0.05) is 0 Å². The Bertz CT molecular complexity index is 662. The van der Waals surface area contributed by atoms with Crippen LogP contribution in [0.5, 0.6) is 0 Å². The second-order valence-electron chi connectivity index (χ2n) is 11.3. The van der Waals surface area contributed by atoms with Gasteiger partial charge in [0.2, 0.25) is 0 Å². The van der Waals surface area contributed by atoms with Gasteiger partial charge >= 0.3 is 8.80 Å². The highest BCUT2D eigenvalue weighted by Gasteiger charge is 2.54. The molecule has 1 atom stereocenters. The summed E-state index contributed by atoms with van der Waals surface area (Å²) in [5.74, 6) is 0. The van der Waals surface area contributed by atoms with Gasteiger partial charge in [0.25, 0.3) is 0 Å². The number of nitrogens with two attached hydrogens (primary N) is 1. The third-order valence-corrected chi connectivity index (χ3v) is 10.1. The molecular formula is C29H67N9O7Si. The molecule has 2 saturated heterocycles. The van der Waals surface area contributed by atoms with Crippen molar-refractivity contribution < 1.29 is 32.6 Å². The zero-order chi connectivity index (χ0) is 32.6. The summed E-state index contributed by atoms with van der Waals surface area (Å²) in [7, 11) is -2.36. The number of ether oxygens (including phenoxy) is 3. The fraction of sp³-hybridized carbons (Fsp3) is 1.00. The van der Waals surface area contributed by atoms with E-state index in [1.165, 1.54) is 0 Å². The Morgan fingerprint density at radius 2 is 1.02 bits per heavy atom. The molecule has 2 bridgehead atoms. The monoisotopic (exact) mass is 681 g/mol. The van der Waals surface area contributed by atoms with E-state index in [1.807, 2.05) is 0 Å². The summed E-state index contributed by atoms with van der Waals surface area (Å²) in [4.78, 5) is 0. The molecule has 0 spiro atoms. The van der Waals surface area contributed by atoms with E-state index in [0.29, 0.717) is 52.7 Å². The summed E-state index contributed by atoms with van der Waals surface area (Å²) in [5, 5.41) is 36.9. The molecule has 11 N–H and O–H groups in total. The molecule has 274 valence electrons. The summed E-state index contributed by atoms with van der Waals surface area (Å²) >= 11 is 0. The molecule has 0 aromatic carbocycles. The lowest BCUT2D eigenvalue weighted by molar-refractivity contribution is 0.0363. The van der Waals surface area contributed by atoms with Crippen molar-refractivity contribution in [2.24, 2.45) is 5.73 Å². The molecule has 2 aliphatic rings.